The minimum Gasteiger partial charge on any atom is -0.493 e. The van der Waals surface area contributed by atoms with Crippen LogP contribution in [0.3, 0.4) is 0 Å². The van der Waals surface area contributed by atoms with Crippen LogP contribution in [0.25, 0.3) is 10.3 Å². The number of pyridine rings is 1. The Morgan fingerprint density at radius 2 is 1.71 bits per heavy atom. The molecule has 4 heterocycles. The number of piperidine rings is 1. The highest BCUT2D eigenvalue weighted by atomic mass is 32.1. The Kier molecular flexibility index (Phi) is 6.89. The summed E-state index contributed by atoms with van der Waals surface area (Å²) in [6, 6.07) is 13.4. The summed E-state index contributed by atoms with van der Waals surface area (Å²) in [5, 5.41) is 0.976. The van der Waals surface area contributed by atoms with E-state index in [1.54, 1.807) is 17.5 Å². The van der Waals surface area contributed by atoms with Crippen LogP contribution in [0.15, 0.2) is 48.7 Å². The number of piperazine rings is 1. The first-order valence-corrected chi connectivity index (χ1v) is 12.7. The van der Waals surface area contributed by atoms with E-state index in [-0.39, 0.29) is 17.7 Å². The third-order valence-corrected chi connectivity index (χ3v) is 7.58. The van der Waals surface area contributed by atoms with Crippen LogP contribution >= 0.6 is 11.3 Å². The maximum atomic E-state index is 13.1. The van der Waals surface area contributed by atoms with Crippen molar-refractivity contribution in [1.82, 2.24) is 19.8 Å². The summed E-state index contributed by atoms with van der Waals surface area (Å²) in [4.78, 5) is 41.8. The SMILES string of the molecule is O=C(CCOc1ccccc1)N1CCC(C(=O)N2CCN(c3nc4cccnc4s3)CC2)CC1. The molecule has 2 amide bonds. The van der Waals surface area contributed by atoms with Gasteiger partial charge in [0.15, 0.2) is 5.13 Å². The van der Waals surface area contributed by atoms with E-state index in [0.29, 0.717) is 39.2 Å². The van der Waals surface area contributed by atoms with Crippen LogP contribution < -0.4 is 9.64 Å². The Balaban J connectivity index is 1.05. The second-order valence-electron chi connectivity index (χ2n) is 8.70. The van der Waals surface area contributed by atoms with Gasteiger partial charge in [-0.3, -0.25) is 9.59 Å². The molecule has 5 rings (SSSR count). The largest absolute Gasteiger partial charge is 0.493 e. The molecule has 0 radical (unpaired) electrons. The standard InChI is InChI=1S/C25H29N5O3S/c31-22(10-18-33-20-5-2-1-3-6-20)28-12-8-19(9-13-28)24(32)29-14-16-30(17-15-29)25-27-21-7-4-11-26-23(21)34-25/h1-7,11,19H,8-10,12-18H2. The third-order valence-electron chi connectivity index (χ3n) is 6.54. The summed E-state index contributed by atoms with van der Waals surface area (Å²) >= 11 is 1.60. The van der Waals surface area contributed by atoms with Gasteiger partial charge in [-0.2, -0.15) is 0 Å². The molecule has 0 atom stereocenters. The summed E-state index contributed by atoms with van der Waals surface area (Å²) in [5.41, 5.74) is 0.925. The average Bonchev–Trinajstić information content (AvgIpc) is 3.33. The second kappa shape index (κ2) is 10.4. The van der Waals surface area contributed by atoms with Gasteiger partial charge in [0.1, 0.15) is 16.1 Å². The van der Waals surface area contributed by atoms with Crippen molar-refractivity contribution in [3.8, 4) is 5.75 Å². The van der Waals surface area contributed by atoms with Gasteiger partial charge in [-0.1, -0.05) is 29.5 Å². The van der Waals surface area contributed by atoms with Crippen LogP contribution in [-0.4, -0.2) is 77.5 Å². The maximum absolute atomic E-state index is 13.1. The van der Waals surface area contributed by atoms with E-state index in [2.05, 4.69) is 9.88 Å². The monoisotopic (exact) mass is 479 g/mol. The molecule has 3 aromatic rings. The molecular weight excluding hydrogens is 450 g/mol. The number of nitrogens with zero attached hydrogens (tertiary/aromatic N) is 5. The molecular formula is C25H29N5O3S. The molecule has 0 bridgehead atoms. The van der Waals surface area contributed by atoms with Crippen molar-refractivity contribution in [1.29, 1.82) is 0 Å². The second-order valence-corrected chi connectivity index (χ2v) is 9.66. The third kappa shape index (κ3) is 5.14. The van der Waals surface area contributed by atoms with E-state index >= 15 is 0 Å². The highest BCUT2D eigenvalue weighted by molar-refractivity contribution is 7.21. The first-order chi connectivity index (χ1) is 16.7. The predicted molar refractivity (Wildman–Crippen MR) is 132 cm³/mol. The smallest absolute Gasteiger partial charge is 0.225 e. The summed E-state index contributed by atoms with van der Waals surface area (Å²) in [5.74, 6) is 1.10. The van der Waals surface area contributed by atoms with Crippen LogP contribution in [0.1, 0.15) is 19.3 Å². The number of hydrogen-bond donors (Lipinski definition) is 0. The zero-order valence-corrected chi connectivity index (χ0v) is 20.0. The van der Waals surface area contributed by atoms with Crippen molar-refractivity contribution in [3.63, 3.8) is 0 Å². The summed E-state index contributed by atoms with van der Waals surface area (Å²) in [6.45, 7) is 4.63. The van der Waals surface area contributed by atoms with E-state index in [4.69, 9.17) is 9.72 Å². The number of rotatable bonds is 6. The molecule has 0 unspecified atom stereocenters. The van der Waals surface area contributed by atoms with Gasteiger partial charge in [0.25, 0.3) is 0 Å². The molecule has 0 aliphatic carbocycles. The molecule has 2 aromatic heterocycles. The van der Waals surface area contributed by atoms with Crippen molar-refractivity contribution in [2.24, 2.45) is 5.92 Å². The summed E-state index contributed by atoms with van der Waals surface area (Å²) < 4.78 is 5.64. The van der Waals surface area contributed by atoms with Gasteiger partial charge in [0, 0.05) is 51.4 Å². The minimum atomic E-state index is 0.00261. The number of benzene rings is 1. The number of hydrogen-bond acceptors (Lipinski definition) is 7. The number of para-hydroxylation sites is 1. The lowest BCUT2D eigenvalue weighted by Gasteiger charge is -2.38. The number of likely N-dealkylation sites (tertiary alicyclic amines) is 1. The molecule has 0 spiro atoms. The van der Waals surface area contributed by atoms with Crippen LogP contribution in [-0.2, 0) is 9.59 Å². The molecule has 0 N–H and O–H groups in total. The van der Waals surface area contributed by atoms with Crippen LogP contribution in [0, 0.1) is 5.92 Å². The molecule has 34 heavy (non-hydrogen) atoms. The fourth-order valence-electron chi connectivity index (χ4n) is 4.58. The molecule has 2 fully saturated rings. The number of anilines is 1. The number of amides is 2. The topological polar surface area (TPSA) is 78.9 Å². The number of carbonyl (C=O) groups excluding carboxylic acids is 2. The molecule has 8 nitrogen and oxygen atoms in total. The van der Waals surface area contributed by atoms with E-state index in [1.165, 1.54) is 0 Å². The van der Waals surface area contributed by atoms with Gasteiger partial charge in [0.05, 0.1) is 13.0 Å². The quantitative estimate of drug-likeness (QED) is 0.541. The number of thiazole rings is 1. The van der Waals surface area contributed by atoms with Crippen LogP contribution in [0.2, 0.25) is 0 Å². The van der Waals surface area contributed by atoms with Gasteiger partial charge in [-0.25, -0.2) is 9.97 Å². The fourth-order valence-corrected chi connectivity index (χ4v) is 5.54. The number of fused-ring (bicyclic) bond motifs is 1. The Morgan fingerprint density at radius 1 is 0.941 bits per heavy atom. The van der Waals surface area contributed by atoms with Crippen LogP contribution in [0.4, 0.5) is 5.13 Å². The fraction of sp³-hybridized carbons (Fsp3) is 0.440. The number of ether oxygens (including phenoxy) is 1. The highest BCUT2D eigenvalue weighted by Crippen LogP contribution is 2.28. The van der Waals surface area contributed by atoms with Gasteiger partial charge in [0.2, 0.25) is 11.8 Å². The lowest BCUT2D eigenvalue weighted by molar-refractivity contribution is -0.141. The van der Waals surface area contributed by atoms with E-state index in [9.17, 15) is 9.59 Å². The number of carbonyl (C=O) groups is 2. The van der Waals surface area contributed by atoms with Crippen molar-refractivity contribution < 1.29 is 14.3 Å². The highest BCUT2D eigenvalue weighted by Gasteiger charge is 2.32. The van der Waals surface area contributed by atoms with Crippen molar-refractivity contribution in [3.05, 3.63) is 48.7 Å². The maximum Gasteiger partial charge on any atom is 0.225 e. The van der Waals surface area contributed by atoms with Gasteiger partial charge in [-0.05, 0) is 37.1 Å². The molecule has 0 saturated carbocycles. The van der Waals surface area contributed by atoms with Crippen molar-refractivity contribution >= 4 is 38.6 Å². The summed E-state index contributed by atoms with van der Waals surface area (Å²) in [6.07, 6.45) is 3.61. The predicted octanol–water partition coefficient (Wildman–Crippen LogP) is 3.05. The molecule has 9 heteroatoms. The van der Waals surface area contributed by atoms with Gasteiger partial charge < -0.3 is 19.4 Å². The van der Waals surface area contributed by atoms with Crippen molar-refractivity contribution in [2.75, 3.05) is 50.8 Å². The van der Waals surface area contributed by atoms with Gasteiger partial charge >= 0.3 is 0 Å². The minimum absolute atomic E-state index is 0.00261. The van der Waals surface area contributed by atoms with Gasteiger partial charge in [-0.15, -0.1) is 0 Å². The number of aromatic nitrogens is 2. The summed E-state index contributed by atoms with van der Waals surface area (Å²) in [7, 11) is 0. The zero-order chi connectivity index (χ0) is 23.3. The Morgan fingerprint density at radius 3 is 2.44 bits per heavy atom. The molecule has 178 valence electrons. The Bertz CT molecular complexity index is 1090. The zero-order valence-electron chi connectivity index (χ0n) is 19.1. The van der Waals surface area contributed by atoms with E-state index in [0.717, 1.165) is 47.2 Å². The first-order valence-electron chi connectivity index (χ1n) is 11.9. The Labute approximate surface area is 203 Å². The average molecular weight is 480 g/mol. The lowest BCUT2D eigenvalue weighted by Crippen LogP contribution is -2.52. The normalized spacial score (nSPS) is 17.2. The first kappa shape index (κ1) is 22.6. The van der Waals surface area contributed by atoms with Crippen molar-refractivity contribution in [2.45, 2.75) is 19.3 Å². The lowest BCUT2D eigenvalue weighted by atomic mass is 9.94. The molecule has 2 aliphatic heterocycles. The van der Waals surface area contributed by atoms with E-state index in [1.807, 2.05) is 52.3 Å². The Hall–Kier alpha value is -3.20. The van der Waals surface area contributed by atoms with Crippen LogP contribution in [0.5, 0.6) is 5.75 Å². The molecule has 2 aliphatic rings. The molecule has 2 saturated heterocycles. The van der Waals surface area contributed by atoms with E-state index < -0.39 is 0 Å². The molecule has 1 aromatic carbocycles.